The van der Waals surface area contributed by atoms with E-state index in [1.54, 1.807) is 0 Å². The van der Waals surface area contributed by atoms with E-state index >= 15 is 0 Å². The van der Waals surface area contributed by atoms with E-state index in [0.717, 1.165) is 17.2 Å². The molecule has 1 heterocycles. The van der Waals surface area contributed by atoms with Gasteiger partial charge in [0.2, 0.25) is 5.91 Å². The van der Waals surface area contributed by atoms with Gasteiger partial charge in [0.1, 0.15) is 6.04 Å². The van der Waals surface area contributed by atoms with E-state index in [1.165, 1.54) is 24.2 Å². The van der Waals surface area contributed by atoms with E-state index < -0.39 is 6.04 Å². The monoisotopic (exact) mass is 266 g/mol. The quantitative estimate of drug-likeness (QED) is 0.883. The van der Waals surface area contributed by atoms with Crippen LogP contribution in [-0.2, 0) is 4.79 Å². The van der Waals surface area contributed by atoms with Gasteiger partial charge in [-0.2, -0.15) is 0 Å². The number of nitrogens with one attached hydrogen (secondary N) is 1. The van der Waals surface area contributed by atoms with Crippen molar-refractivity contribution in [2.24, 2.45) is 17.6 Å². The Balaban J connectivity index is 1.91. The predicted octanol–water partition coefficient (Wildman–Crippen LogP) is 2.69. The normalized spacial score (nSPS) is 29.8. The van der Waals surface area contributed by atoms with Gasteiger partial charge in [0.05, 0.1) is 0 Å². The number of hydrogen-bond acceptors (Lipinski definition) is 3. The van der Waals surface area contributed by atoms with Crippen LogP contribution >= 0.6 is 11.3 Å². The number of thiophene rings is 1. The molecule has 4 heteroatoms. The van der Waals surface area contributed by atoms with Gasteiger partial charge in [-0.05, 0) is 42.5 Å². The lowest BCUT2D eigenvalue weighted by Crippen LogP contribution is -2.45. The summed E-state index contributed by atoms with van der Waals surface area (Å²) in [6.45, 7) is 4.50. The number of carbonyl (C=O) groups excluding carboxylic acids is 1. The minimum atomic E-state index is -0.517. The van der Waals surface area contributed by atoms with Crippen molar-refractivity contribution in [2.45, 2.75) is 45.2 Å². The van der Waals surface area contributed by atoms with Gasteiger partial charge >= 0.3 is 0 Å². The summed E-state index contributed by atoms with van der Waals surface area (Å²) in [5.74, 6) is 1.29. The van der Waals surface area contributed by atoms with E-state index in [1.807, 2.05) is 17.5 Å². The zero-order valence-electron chi connectivity index (χ0n) is 11.1. The molecule has 18 heavy (non-hydrogen) atoms. The molecule has 0 aromatic carbocycles. The van der Waals surface area contributed by atoms with Crippen molar-refractivity contribution in [3.63, 3.8) is 0 Å². The van der Waals surface area contributed by atoms with Crippen molar-refractivity contribution in [3.05, 3.63) is 22.4 Å². The summed E-state index contributed by atoms with van der Waals surface area (Å²) in [5, 5.41) is 5.07. The fourth-order valence-electron chi connectivity index (χ4n) is 2.75. The highest BCUT2D eigenvalue weighted by Crippen LogP contribution is 2.29. The van der Waals surface area contributed by atoms with Crippen LogP contribution in [-0.4, -0.2) is 11.9 Å². The van der Waals surface area contributed by atoms with Crippen LogP contribution in [0.3, 0.4) is 0 Å². The molecule has 1 aromatic rings. The van der Waals surface area contributed by atoms with Crippen LogP contribution in [0.1, 0.15) is 44.0 Å². The van der Waals surface area contributed by atoms with Crippen LogP contribution in [0.4, 0.5) is 0 Å². The van der Waals surface area contributed by atoms with Crippen molar-refractivity contribution in [1.82, 2.24) is 5.32 Å². The zero-order valence-corrected chi connectivity index (χ0v) is 11.9. The van der Waals surface area contributed by atoms with Crippen molar-refractivity contribution in [3.8, 4) is 0 Å². The lowest BCUT2D eigenvalue weighted by molar-refractivity contribution is -0.123. The molecule has 1 aliphatic rings. The average molecular weight is 266 g/mol. The maximum absolute atomic E-state index is 12.1. The summed E-state index contributed by atoms with van der Waals surface area (Å²) in [5.41, 5.74) is 5.97. The fraction of sp³-hybridized carbons (Fsp3) is 0.643. The molecule has 0 aliphatic heterocycles. The van der Waals surface area contributed by atoms with E-state index in [2.05, 4.69) is 19.2 Å². The van der Waals surface area contributed by atoms with Crippen LogP contribution in [0.25, 0.3) is 0 Å². The average Bonchev–Trinajstić information content (AvgIpc) is 2.85. The molecule has 100 valence electrons. The lowest BCUT2D eigenvalue weighted by Gasteiger charge is -2.33. The first-order valence-corrected chi connectivity index (χ1v) is 7.55. The first kappa shape index (κ1) is 13.6. The van der Waals surface area contributed by atoms with Gasteiger partial charge in [0.15, 0.2) is 0 Å². The number of carbonyl (C=O) groups is 1. The number of hydrogen-bond donors (Lipinski definition) is 2. The Hall–Kier alpha value is -0.870. The van der Waals surface area contributed by atoms with Crippen molar-refractivity contribution in [2.75, 3.05) is 0 Å². The number of rotatable bonds is 3. The molecular weight excluding hydrogens is 244 g/mol. The first-order chi connectivity index (χ1) is 8.58. The molecule has 1 saturated carbocycles. The highest BCUT2D eigenvalue weighted by molar-refractivity contribution is 7.10. The van der Waals surface area contributed by atoms with E-state index in [-0.39, 0.29) is 5.91 Å². The van der Waals surface area contributed by atoms with Gasteiger partial charge in [0, 0.05) is 10.9 Å². The van der Waals surface area contributed by atoms with Gasteiger partial charge < -0.3 is 11.1 Å². The minimum Gasteiger partial charge on any atom is -0.351 e. The maximum atomic E-state index is 12.1. The fourth-order valence-corrected chi connectivity index (χ4v) is 3.47. The Kier molecular flexibility index (Phi) is 4.40. The lowest BCUT2D eigenvalue weighted by atomic mass is 9.80. The highest BCUT2D eigenvalue weighted by Gasteiger charge is 2.28. The summed E-state index contributed by atoms with van der Waals surface area (Å²) in [7, 11) is 0. The second-order valence-corrected chi connectivity index (χ2v) is 6.48. The topological polar surface area (TPSA) is 55.1 Å². The summed E-state index contributed by atoms with van der Waals surface area (Å²) in [6.07, 6.45) is 3.47. The van der Waals surface area contributed by atoms with Crippen LogP contribution in [0.15, 0.2) is 17.5 Å². The predicted molar refractivity (Wildman–Crippen MR) is 75.4 cm³/mol. The molecule has 4 unspecified atom stereocenters. The second kappa shape index (κ2) is 5.85. The zero-order chi connectivity index (χ0) is 13.1. The molecule has 1 aromatic heterocycles. The molecule has 3 N–H and O–H groups in total. The summed E-state index contributed by atoms with van der Waals surface area (Å²) >= 11 is 1.54. The van der Waals surface area contributed by atoms with Gasteiger partial charge in [-0.15, -0.1) is 11.3 Å². The SMILES string of the molecule is CC1CCC(NC(=O)C(N)c2cccs2)C(C)C1. The summed E-state index contributed by atoms with van der Waals surface area (Å²) in [6, 6.07) is 3.62. The van der Waals surface area contributed by atoms with Gasteiger partial charge in [-0.25, -0.2) is 0 Å². The second-order valence-electron chi connectivity index (χ2n) is 5.50. The molecule has 0 saturated heterocycles. The summed E-state index contributed by atoms with van der Waals surface area (Å²) < 4.78 is 0. The standard InChI is InChI=1S/C14H22N2OS/c1-9-5-6-11(10(2)8-9)16-14(17)13(15)12-4-3-7-18-12/h3-4,7,9-11,13H,5-6,8,15H2,1-2H3,(H,16,17). The Morgan fingerprint density at radius 2 is 2.28 bits per heavy atom. The number of nitrogens with two attached hydrogens (primary N) is 1. The molecule has 3 nitrogen and oxygen atoms in total. The maximum Gasteiger partial charge on any atom is 0.242 e. The Morgan fingerprint density at radius 1 is 1.50 bits per heavy atom. The smallest absolute Gasteiger partial charge is 0.242 e. The third-order valence-corrected chi connectivity index (χ3v) is 4.85. The van der Waals surface area contributed by atoms with E-state index in [4.69, 9.17) is 5.73 Å². The van der Waals surface area contributed by atoms with Crippen molar-refractivity contribution >= 4 is 17.2 Å². The Bertz CT molecular complexity index is 391. The van der Waals surface area contributed by atoms with Crippen LogP contribution < -0.4 is 11.1 Å². The number of amides is 1. The third kappa shape index (κ3) is 3.12. The molecule has 4 atom stereocenters. The molecule has 1 amide bonds. The largest absolute Gasteiger partial charge is 0.351 e. The van der Waals surface area contributed by atoms with Crippen molar-refractivity contribution < 1.29 is 4.79 Å². The van der Waals surface area contributed by atoms with E-state index in [0.29, 0.717) is 12.0 Å². The Labute approximate surface area is 113 Å². The minimum absolute atomic E-state index is 0.0381. The van der Waals surface area contributed by atoms with Crippen LogP contribution in [0, 0.1) is 11.8 Å². The van der Waals surface area contributed by atoms with Crippen LogP contribution in [0.5, 0.6) is 0 Å². The third-order valence-electron chi connectivity index (χ3n) is 3.89. The van der Waals surface area contributed by atoms with Crippen molar-refractivity contribution in [1.29, 1.82) is 0 Å². The molecule has 0 spiro atoms. The van der Waals surface area contributed by atoms with Gasteiger partial charge in [0.25, 0.3) is 0 Å². The molecule has 2 rings (SSSR count). The molecule has 0 bridgehead atoms. The molecule has 0 radical (unpaired) electrons. The Morgan fingerprint density at radius 3 is 2.89 bits per heavy atom. The van der Waals surface area contributed by atoms with Crippen LogP contribution in [0.2, 0.25) is 0 Å². The van der Waals surface area contributed by atoms with Gasteiger partial charge in [-0.3, -0.25) is 4.79 Å². The highest BCUT2D eigenvalue weighted by atomic mass is 32.1. The van der Waals surface area contributed by atoms with E-state index in [9.17, 15) is 4.79 Å². The molecule has 1 aliphatic carbocycles. The van der Waals surface area contributed by atoms with Gasteiger partial charge in [-0.1, -0.05) is 19.9 Å². The first-order valence-electron chi connectivity index (χ1n) is 6.67. The molecular formula is C14H22N2OS. The molecule has 1 fully saturated rings. The summed E-state index contributed by atoms with van der Waals surface area (Å²) in [4.78, 5) is 13.0.